The van der Waals surface area contributed by atoms with Crippen LogP contribution in [0.5, 0.6) is 0 Å². The van der Waals surface area contributed by atoms with Crippen molar-refractivity contribution in [2.75, 3.05) is 0 Å². The van der Waals surface area contributed by atoms with Crippen LogP contribution in [0.2, 0.25) is 0 Å². The molecule has 0 spiro atoms. The number of fused-ring (bicyclic) bond motifs is 7. The average Bonchev–Trinajstić information content (AvgIpc) is 3.03. The van der Waals surface area contributed by atoms with Crippen LogP contribution in [-0.4, -0.2) is 10.7 Å². The van der Waals surface area contributed by atoms with Gasteiger partial charge in [-0.2, -0.15) is 0 Å². The van der Waals surface area contributed by atoms with E-state index in [-0.39, 0.29) is 0 Å². The summed E-state index contributed by atoms with van der Waals surface area (Å²) >= 11 is 0. The van der Waals surface area contributed by atoms with E-state index in [9.17, 15) is 5.11 Å². The molecular weight excluding hydrogens is 388 g/mol. The normalized spacial score (nSPS) is 57.2. The zero-order valence-electron chi connectivity index (χ0n) is 23.0. The molecule has 0 aromatic rings. The Balaban J connectivity index is 1.51. The summed E-state index contributed by atoms with van der Waals surface area (Å²) in [5, 5.41) is 11.0. The van der Waals surface area contributed by atoms with Crippen LogP contribution in [-0.2, 0) is 0 Å². The molecule has 1 N–H and O–H groups in total. The topological polar surface area (TPSA) is 20.2 Å². The standard InChI is InChI=1S/C31H54O/c1-20-12-16-29(7)23(26(20,2)3)15-19-31(9)25(29)11-10-24-28(6)17-13-21(27(4,5)32)22(28)14-18-30(24,31)8/h20-25,32H,10-19H2,1-9H3. The molecule has 1 heteroatoms. The third-order valence-electron chi connectivity index (χ3n) is 14.4. The lowest BCUT2D eigenvalue weighted by Crippen LogP contribution is -2.66. The maximum absolute atomic E-state index is 11.0. The van der Waals surface area contributed by atoms with E-state index in [4.69, 9.17) is 0 Å². The Morgan fingerprint density at radius 3 is 1.75 bits per heavy atom. The van der Waals surface area contributed by atoms with Crippen molar-refractivity contribution >= 4 is 0 Å². The van der Waals surface area contributed by atoms with Gasteiger partial charge < -0.3 is 5.11 Å². The smallest absolute Gasteiger partial charge is 0.0622 e. The van der Waals surface area contributed by atoms with Crippen molar-refractivity contribution in [3.05, 3.63) is 0 Å². The summed E-state index contributed by atoms with van der Waals surface area (Å²) in [7, 11) is 0. The van der Waals surface area contributed by atoms with Gasteiger partial charge in [-0.15, -0.1) is 0 Å². The Hall–Kier alpha value is -0.0400. The van der Waals surface area contributed by atoms with Gasteiger partial charge in [0, 0.05) is 0 Å². The Bertz CT molecular complexity index is 761. The molecular formula is C31H54O. The number of aliphatic hydroxyl groups is 1. The van der Waals surface area contributed by atoms with Gasteiger partial charge in [-0.05, 0) is 141 Å². The molecule has 0 aromatic carbocycles. The monoisotopic (exact) mass is 442 g/mol. The second-order valence-electron chi connectivity index (χ2n) is 15.8. The van der Waals surface area contributed by atoms with Gasteiger partial charge in [0.15, 0.2) is 0 Å². The van der Waals surface area contributed by atoms with Crippen LogP contribution in [0.3, 0.4) is 0 Å². The summed E-state index contributed by atoms with van der Waals surface area (Å²) in [6.07, 6.45) is 14.0. The second-order valence-corrected chi connectivity index (χ2v) is 15.8. The maximum atomic E-state index is 11.0. The summed E-state index contributed by atoms with van der Waals surface area (Å²) in [4.78, 5) is 0. The zero-order valence-corrected chi connectivity index (χ0v) is 23.0. The van der Waals surface area contributed by atoms with Crippen molar-refractivity contribution in [1.29, 1.82) is 0 Å². The summed E-state index contributed by atoms with van der Waals surface area (Å²) in [6.45, 7) is 22.8. The third-order valence-corrected chi connectivity index (χ3v) is 14.4. The first-order chi connectivity index (χ1) is 14.6. The summed E-state index contributed by atoms with van der Waals surface area (Å²) < 4.78 is 0. The van der Waals surface area contributed by atoms with Crippen LogP contribution in [0.25, 0.3) is 0 Å². The Kier molecular flexibility index (Phi) is 5.03. The average molecular weight is 443 g/mol. The zero-order chi connectivity index (χ0) is 23.5. The van der Waals surface area contributed by atoms with Crippen LogP contribution < -0.4 is 0 Å². The van der Waals surface area contributed by atoms with Crippen LogP contribution in [0.1, 0.15) is 127 Å². The van der Waals surface area contributed by atoms with Gasteiger partial charge >= 0.3 is 0 Å². The van der Waals surface area contributed by atoms with Crippen LogP contribution in [0.15, 0.2) is 0 Å². The highest BCUT2D eigenvalue weighted by Crippen LogP contribution is 2.78. The van der Waals surface area contributed by atoms with E-state index in [1.54, 1.807) is 0 Å². The minimum Gasteiger partial charge on any atom is -0.390 e. The van der Waals surface area contributed by atoms with Gasteiger partial charge in [-0.25, -0.2) is 0 Å². The van der Waals surface area contributed by atoms with Gasteiger partial charge in [0.25, 0.3) is 0 Å². The quantitative estimate of drug-likeness (QED) is 0.431. The molecule has 0 bridgehead atoms. The molecule has 32 heavy (non-hydrogen) atoms. The van der Waals surface area contributed by atoms with Gasteiger partial charge in [0.2, 0.25) is 0 Å². The van der Waals surface area contributed by atoms with Crippen molar-refractivity contribution < 1.29 is 5.11 Å². The molecule has 1 nitrogen and oxygen atoms in total. The Labute approximate surface area is 199 Å². The minimum absolute atomic E-state index is 0.434. The molecule has 5 saturated carbocycles. The second kappa shape index (κ2) is 6.79. The van der Waals surface area contributed by atoms with Gasteiger partial charge in [-0.1, -0.05) is 48.5 Å². The molecule has 0 amide bonds. The number of rotatable bonds is 1. The fraction of sp³-hybridized carbons (Fsp3) is 1.00. The van der Waals surface area contributed by atoms with Crippen molar-refractivity contribution in [2.45, 2.75) is 132 Å². The summed E-state index contributed by atoms with van der Waals surface area (Å²) in [6, 6.07) is 0. The predicted molar refractivity (Wildman–Crippen MR) is 135 cm³/mol. The van der Waals surface area contributed by atoms with Gasteiger partial charge in [-0.3, -0.25) is 0 Å². The summed E-state index contributed by atoms with van der Waals surface area (Å²) in [5.41, 5.74) is 1.88. The molecule has 5 fully saturated rings. The van der Waals surface area contributed by atoms with Crippen molar-refractivity contribution in [3.63, 3.8) is 0 Å². The molecule has 5 aliphatic carbocycles. The Morgan fingerprint density at radius 1 is 0.625 bits per heavy atom. The van der Waals surface area contributed by atoms with Crippen molar-refractivity contribution in [3.8, 4) is 0 Å². The minimum atomic E-state index is -0.521. The van der Waals surface area contributed by atoms with E-state index in [1.165, 1.54) is 64.2 Å². The SMILES string of the molecule is CC1CCC2(C)C(CCC3(C)C2CCC2C4(C)CCC(C(C)(C)O)C4CCC23C)C1(C)C. The molecule has 5 rings (SSSR count). The van der Waals surface area contributed by atoms with Crippen LogP contribution in [0.4, 0.5) is 0 Å². The molecule has 0 aliphatic heterocycles. The maximum Gasteiger partial charge on any atom is 0.0622 e. The Morgan fingerprint density at radius 2 is 1.16 bits per heavy atom. The molecule has 0 heterocycles. The summed E-state index contributed by atoms with van der Waals surface area (Å²) in [5.74, 6) is 4.73. The van der Waals surface area contributed by atoms with Gasteiger partial charge in [0.05, 0.1) is 5.60 Å². The lowest BCUT2D eigenvalue weighted by molar-refractivity contribution is -0.247. The highest BCUT2D eigenvalue weighted by molar-refractivity contribution is 5.19. The van der Waals surface area contributed by atoms with Crippen LogP contribution in [0, 0.1) is 62.6 Å². The van der Waals surface area contributed by atoms with E-state index in [2.05, 4.69) is 62.3 Å². The largest absolute Gasteiger partial charge is 0.390 e. The highest BCUT2D eigenvalue weighted by Gasteiger charge is 2.71. The lowest BCUT2D eigenvalue weighted by atomic mass is 9.31. The number of hydrogen-bond donors (Lipinski definition) is 1. The fourth-order valence-corrected chi connectivity index (χ4v) is 12.2. The highest BCUT2D eigenvalue weighted by atomic mass is 16.3. The lowest BCUT2D eigenvalue weighted by Gasteiger charge is -2.73. The van der Waals surface area contributed by atoms with E-state index in [0.717, 1.165) is 29.6 Å². The molecule has 184 valence electrons. The fourth-order valence-electron chi connectivity index (χ4n) is 12.2. The first-order valence-electron chi connectivity index (χ1n) is 14.3. The van der Waals surface area contributed by atoms with Gasteiger partial charge in [0.1, 0.15) is 0 Å². The van der Waals surface area contributed by atoms with Crippen molar-refractivity contribution in [1.82, 2.24) is 0 Å². The molecule has 10 unspecified atom stereocenters. The van der Waals surface area contributed by atoms with E-state index in [0.29, 0.717) is 33.0 Å². The van der Waals surface area contributed by atoms with E-state index >= 15 is 0 Å². The number of hydrogen-bond acceptors (Lipinski definition) is 1. The van der Waals surface area contributed by atoms with Crippen LogP contribution >= 0.6 is 0 Å². The first-order valence-corrected chi connectivity index (χ1v) is 14.3. The molecule has 0 radical (unpaired) electrons. The molecule has 0 aromatic heterocycles. The third kappa shape index (κ3) is 2.73. The van der Waals surface area contributed by atoms with E-state index in [1.807, 2.05) is 0 Å². The molecule has 5 aliphatic rings. The van der Waals surface area contributed by atoms with Crippen molar-refractivity contribution in [2.24, 2.45) is 62.6 Å². The molecule has 10 atom stereocenters. The van der Waals surface area contributed by atoms with E-state index < -0.39 is 5.60 Å². The predicted octanol–water partition coefficient (Wildman–Crippen LogP) is 8.49. The first kappa shape index (κ1) is 23.7. The molecule has 0 saturated heterocycles.